The second-order valence-electron chi connectivity index (χ2n) is 3.98. The molecule has 1 aromatic carbocycles. The monoisotopic (exact) mass is 290 g/mol. The highest BCUT2D eigenvalue weighted by atomic mass is 32.1. The Hall–Kier alpha value is -1.92. The Morgan fingerprint density at radius 3 is 3.00 bits per heavy atom. The van der Waals surface area contributed by atoms with Crippen LogP contribution in [0.3, 0.4) is 0 Å². The number of nitrogens with one attached hydrogen (secondary N) is 1. The normalized spacial score (nSPS) is 10.7. The van der Waals surface area contributed by atoms with Crippen LogP contribution in [0.4, 0.5) is 5.69 Å². The van der Waals surface area contributed by atoms with Crippen molar-refractivity contribution in [2.45, 2.75) is 6.54 Å². The lowest BCUT2D eigenvalue weighted by Gasteiger charge is -2.04. The van der Waals surface area contributed by atoms with Gasteiger partial charge in [-0.1, -0.05) is 0 Å². The van der Waals surface area contributed by atoms with E-state index >= 15 is 0 Å². The Balaban J connectivity index is 1.72. The topological polar surface area (TPSA) is 62.2 Å². The first kappa shape index (κ1) is 12.1. The minimum Gasteiger partial charge on any atom is -0.476 e. The number of aromatic carboxylic acids is 1. The molecule has 0 bridgehead atoms. The van der Waals surface area contributed by atoms with Crippen LogP contribution in [-0.2, 0) is 6.54 Å². The van der Waals surface area contributed by atoms with Crippen LogP contribution in [0.25, 0.3) is 10.1 Å². The van der Waals surface area contributed by atoms with Crippen molar-refractivity contribution in [2.75, 3.05) is 5.32 Å². The molecule has 0 saturated heterocycles. The standard InChI is InChI=1S/C13H10N2O2S2/c16-13(17)12-15-10(7-19-12)6-14-9-1-2-11-8(5-9)3-4-18-11/h1-5,7,14H,6H2,(H,16,17). The molecule has 2 N–H and O–H groups in total. The first-order chi connectivity index (χ1) is 9.22. The van der Waals surface area contributed by atoms with Crippen LogP contribution in [0.15, 0.2) is 35.0 Å². The highest BCUT2D eigenvalue weighted by Gasteiger charge is 2.08. The fraction of sp³-hybridized carbons (Fsp3) is 0.0769. The van der Waals surface area contributed by atoms with E-state index in [-0.39, 0.29) is 5.01 Å². The third kappa shape index (κ3) is 2.59. The number of hydrogen-bond acceptors (Lipinski definition) is 5. The third-order valence-corrected chi connectivity index (χ3v) is 4.44. The number of thiazole rings is 1. The summed E-state index contributed by atoms with van der Waals surface area (Å²) < 4.78 is 1.26. The molecule has 0 aliphatic rings. The maximum absolute atomic E-state index is 10.7. The summed E-state index contributed by atoms with van der Waals surface area (Å²) in [6.45, 7) is 0.527. The van der Waals surface area contributed by atoms with E-state index < -0.39 is 5.97 Å². The quantitative estimate of drug-likeness (QED) is 0.769. The summed E-state index contributed by atoms with van der Waals surface area (Å²) in [6.07, 6.45) is 0. The van der Waals surface area contributed by atoms with Gasteiger partial charge in [-0.3, -0.25) is 0 Å². The largest absolute Gasteiger partial charge is 0.476 e. The summed E-state index contributed by atoms with van der Waals surface area (Å²) in [5, 5.41) is 17.2. The molecule has 0 aliphatic carbocycles. The molecule has 6 heteroatoms. The van der Waals surface area contributed by atoms with Gasteiger partial charge in [-0.25, -0.2) is 9.78 Å². The van der Waals surface area contributed by atoms with Crippen molar-refractivity contribution in [1.29, 1.82) is 0 Å². The molecule has 0 saturated carbocycles. The van der Waals surface area contributed by atoms with E-state index in [2.05, 4.69) is 33.9 Å². The van der Waals surface area contributed by atoms with Crippen LogP contribution in [0.5, 0.6) is 0 Å². The molecule has 3 rings (SSSR count). The van der Waals surface area contributed by atoms with E-state index in [0.717, 1.165) is 22.7 Å². The number of nitrogens with zero attached hydrogens (tertiary/aromatic N) is 1. The third-order valence-electron chi connectivity index (χ3n) is 2.66. The van der Waals surface area contributed by atoms with Crippen LogP contribution < -0.4 is 5.32 Å². The van der Waals surface area contributed by atoms with Crippen molar-refractivity contribution in [3.63, 3.8) is 0 Å². The molecule has 3 aromatic rings. The van der Waals surface area contributed by atoms with Gasteiger partial charge in [0.15, 0.2) is 0 Å². The fourth-order valence-electron chi connectivity index (χ4n) is 1.76. The van der Waals surface area contributed by atoms with Crippen LogP contribution in [-0.4, -0.2) is 16.1 Å². The number of carboxylic acids is 1. The number of aromatic nitrogens is 1. The molecular formula is C13H10N2O2S2. The molecule has 0 atom stereocenters. The van der Waals surface area contributed by atoms with Crippen LogP contribution in [0.1, 0.15) is 15.5 Å². The molecule has 4 nitrogen and oxygen atoms in total. The van der Waals surface area contributed by atoms with Crippen LogP contribution in [0, 0.1) is 0 Å². The molecule has 0 radical (unpaired) electrons. The van der Waals surface area contributed by atoms with Gasteiger partial charge in [0, 0.05) is 15.8 Å². The zero-order valence-corrected chi connectivity index (χ0v) is 11.4. The molecule has 2 heterocycles. The smallest absolute Gasteiger partial charge is 0.365 e. The number of hydrogen-bond donors (Lipinski definition) is 2. The Morgan fingerprint density at radius 2 is 2.21 bits per heavy atom. The molecule has 0 aliphatic heterocycles. The molecular weight excluding hydrogens is 280 g/mol. The maximum atomic E-state index is 10.7. The van der Waals surface area contributed by atoms with Crippen molar-refractivity contribution in [2.24, 2.45) is 0 Å². The number of benzene rings is 1. The van der Waals surface area contributed by atoms with Gasteiger partial charge in [0.25, 0.3) is 0 Å². The van der Waals surface area contributed by atoms with Gasteiger partial charge >= 0.3 is 5.97 Å². The lowest BCUT2D eigenvalue weighted by Crippen LogP contribution is -2.01. The number of anilines is 1. The first-order valence-electron chi connectivity index (χ1n) is 5.61. The molecule has 19 heavy (non-hydrogen) atoms. The van der Waals surface area contributed by atoms with E-state index in [1.165, 1.54) is 10.1 Å². The number of thiophene rings is 1. The van der Waals surface area contributed by atoms with Gasteiger partial charge in [0.1, 0.15) is 0 Å². The molecule has 96 valence electrons. The number of carboxylic acid groups (broad SMARTS) is 1. The summed E-state index contributed by atoms with van der Waals surface area (Å²) in [6, 6.07) is 8.25. The number of carbonyl (C=O) groups is 1. The maximum Gasteiger partial charge on any atom is 0.365 e. The summed E-state index contributed by atoms with van der Waals surface area (Å²) in [5.74, 6) is -0.976. The lowest BCUT2D eigenvalue weighted by atomic mass is 10.2. The number of rotatable bonds is 4. The first-order valence-corrected chi connectivity index (χ1v) is 7.37. The van der Waals surface area contributed by atoms with Crippen molar-refractivity contribution in [1.82, 2.24) is 4.98 Å². The number of fused-ring (bicyclic) bond motifs is 1. The lowest BCUT2D eigenvalue weighted by molar-refractivity contribution is 0.0696. The van der Waals surface area contributed by atoms with E-state index in [1.54, 1.807) is 16.7 Å². The Morgan fingerprint density at radius 1 is 1.32 bits per heavy atom. The van der Waals surface area contributed by atoms with Crippen molar-refractivity contribution >= 4 is 44.4 Å². The average molecular weight is 290 g/mol. The van der Waals surface area contributed by atoms with Gasteiger partial charge in [-0.2, -0.15) is 0 Å². The van der Waals surface area contributed by atoms with E-state index in [0.29, 0.717) is 6.54 Å². The van der Waals surface area contributed by atoms with Crippen molar-refractivity contribution < 1.29 is 9.90 Å². The van der Waals surface area contributed by atoms with E-state index in [1.807, 2.05) is 6.07 Å². The Kier molecular flexibility index (Phi) is 3.18. The van der Waals surface area contributed by atoms with Crippen molar-refractivity contribution in [3.05, 3.63) is 45.7 Å². The molecule has 0 unspecified atom stereocenters. The minimum absolute atomic E-state index is 0.130. The minimum atomic E-state index is -0.976. The van der Waals surface area contributed by atoms with Crippen LogP contribution >= 0.6 is 22.7 Å². The summed E-state index contributed by atoms with van der Waals surface area (Å²) in [4.78, 5) is 14.8. The van der Waals surface area contributed by atoms with Gasteiger partial charge in [0.05, 0.1) is 12.2 Å². The average Bonchev–Trinajstić information content (AvgIpc) is 3.04. The van der Waals surface area contributed by atoms with Crippen molar-refractivity contribution in [3.8, 4) is 0 Å². The predicted molar refractivity (Wildman–Crippen MR) is 78.2 cm³/mol. The fourth-order valence-corrected chi connectivity index (χ4v) is 3.18. The Labute approximate surface area is 117 Å². The summed E-state index contributed by atoms with van der Waals surface area (Å²) in [7, 11) is 0. The zero-order valence-electron chi connectivity index (χ0n) is 9.79. The molecule has 2 aromatic heterocycles. The molecule has 0 amide bonds. The van der Waals surface area contributed by atoms with Crippen LogP contribution in [0.2, 0.25) is 0 Å². The SMILES string of the molecule is O=C(O)c1nc(CNc2ccc3sccc3c2)cs1. The van der Waals surface area contributed by atoms with Gasteiger partial charge in [-0.05, 0) is 35.0 Å². The highest BCUT2D eigenvalue weighted by Crippen LogP contribution is 2.24. The highest BCUT2D eigenvalue weighted by molar-refractivity contribution is 7.17. The predicted octanol–water partition coefficient (Wildman–Crippen LogP) is 3.67. The molecule has 0 spiro atoms. The van der Waals surface area contributed by atoms with E-state index in [4.69, 9.17) is 5.11 Å². The molecule has 0 fully saturated rings. The Bertz CT molecular complexity index is 733. The van der Waals surface area contributed by atoms with E-state index in [9.17, 15) is 4.79 Å². The van der Waals surface area contributed by atoms with Gasteiger partial charge in [-0.15, -0.1) is 22.7 Å². The zero-order chi connectivity index (χ0) is 13.2. The van der Waals surface area contributed by atoms with Gasteiger partial charge in [0.2, 0.25) is 5.01 Å². The summed E-state index contributed by atoms with van der Waals surface area (Å²) in [5.41, 5.74) is 1.75. The summed E-state index contributed by atoms with van der Waals surface area (Å²) >= 11 is 2.86. The second kappa shape index (κ2) is 4.99. The second-order valence-corrected chi connectivity index (χ2v) is 5.78. The van der Waals surface area contributed by atoms with Gasteiger partial charge < -0.3 is 10.4 Å².